The molecule has 2 nitrogen and oxygen atoms in total. The molecular formula is C6H12BO2. The van der Waals surface area contributed by atoms with Crippen LogP contribution in [0.1, 0.15) is 20.8 Å². The first-order chi connectivity index (χ1) is 4.22. The summed E-state index contributed by atoms with van der Waals surface area (Å²) in [7, 11) is 1.44. The molecule has 0 bridgehead atoms. The molecule has 0 aromatic heterocycles. The highest BCUT2D eigenvalue weighted by Crippen LogP contribution is 2.17. The van der Waals surface area contributed by atoms with Gasteiger partial charge in [0.2, 0.25) is 0 Å². The molecule has 1 aliphatic heterocycles. The van der Waals surface area contributed by atoms with Crippen LogP contribution in [0.5, 0.6) is 0 Å². The van der Waals surface area contributed by atoms with E-state index >= 15 is 0 Å². The predicted octanol–water partition coefficient (Wildman–Crippen LogP) is 0.980. The Labute approximate surface area is 56.8 Å². The molecule has 0 aliphatic carbocycles. The third-order valence-electron chi connectivity index (χ3n) is 1.60. The van der Waals surface area contributed by atoms with Gasteiger partial charge in [0, 0.05) is 0 Å². The van der Waals surface area contributed by atoms with Crippen molar-refractivity contribution < 1.29 is 9.31 Å². The lowest BCUT2D eigenvalue weighted by Crippen LogP contribution is -2.24. The van der Waals surface area contributed by atoms with Crippen LogP contribution in [0.25, 0.3) is 0 Å². The van der Waals surface area contributed by atoms with Crippen molar-refractivity contribution in [3.05, 3.63) is 0 Å². The average molecular weight is 127 g/mol. The van der Waals surface area contributed by atoms with Gasteiger partial charge in [0.15, 0.2) is 0 Å². The van der Waals surface area contributed by atoms with Gasteiger partial charge in [0.25, 0.3) is 0 Å². The van der Waals surface area contributed by atoms with E-state index in [4.69, 9.17) is 9.31 Å². The first-order valence-corrected chi connectivity index (χ1v) is 3.34. The minimum atomic E-state index is 0.227. The lowest BCUT2D eigenvalue weighted by molar-refractivity contribution is 0.126. The van der Waals surface area contributed by atoms with Gasteiger partial charge in [-0.1, -0.05) is 13.8 Å². The van der Waals surface area contributed by atoms with Gasteiger partial charge in [-0.3, -0.25) is 0 Å². The van der Waals surface area contributed by atoms with E-state index in [2.05, 4.69) is 13.8 Å². The molecule has 2 atom stereocenters. The quantitative estimate of drug-likeness (QED) is 0.488. The standard InChI is InChI=1S/C6H12BO2/c1-4(2)6-5(3)8-7-9-6/h4-6H,1-3H3. The molecule has 0 spiro atoms. The van der Waals surface area contributed by atoms with Crippen LogP contribution in [0.2, 0.25) is 0 Å². The van der Waals surface area contributed by atoms with Crippen LogP contribution in [-0.4, -0.2) is 19.9 Å². The van der Waals surface area contributed by atoms with E-state index in [1.807, 2.05) is 6.92 Å². The molecule has 1 heterocycles. The second-order valence-electron chi connectivity index (χ2n) is 2.78. The second kappa shape index (κ2) is 2.71. The van der Waals surface area contributed by atoms with E-state index in [-0.39, 0.29) is 12.2 Å². The molecule has 0 aromatic rings. The first kappa shape index (κ1) is 7.10. The highest BCUT2D eigenvalue weighted by Gasteiger charge is 2.28. The smallest absolute Gasteiger partial charge is 0.408 e. The zero-order chi connectivity index (χ0) is 6.85. The maximum Gasteiger partial charge on any atom is 0.488 e. The van der Waals surface area contributed by atoms with E-state index in [1.54, 1.807) is 0 Å². The average Bonchev–Trinajstić information content (AvgIpc) is 2.13. The Balaban J connectivity index is 2.40. The van der Waals surface area contributed by atoms with E-state index in [0.717, 1.165) is 0 Å². The van der Waals surface area contributed by atoms with Crippen molar-refractivity contribution in [2.45, 2.75) is 33.0 Å². The molecular weight excluding hydrogens is 115 g/mol. The molecule has 1 saturated heterocycles. The van der Waals surface area contributed by atoms with E-state index in [0.29, 0.717) is 5.92 Å². The minimum absolute atomic E-state index is 0.227. The van der Waals surface area contributed by atoms with Crippen LogP contribution in [-0.2, 0) is 9.31 Å². The SMILES string of the molecule is CC(C)C1O[B]OC1C. The summed E-state index contributed by atoms with van der Waals surface area (Å²) >= 11 is 0. The third-order valence-corrected chi connectivity index (χ3v) is 1.60. The van der Waals surface area contributed by atoms with Crippen molar-refractivity contribution in [1.82, 2.24) is 0 Å². The molecule has 9 heavy (non-hydrogen) atoms. The number of hydrogen-bond donors (Lipinski definition) is 0. The Hall–Kier alpha value is -0.0151. The lowest BCUT2D eigenvalue weighted by Gasteiger charge is -2.17. The summed E-state index contributed by atoms with van der Waals surface area (Å²) in [4.78, 5) is 0. The Morgan fingerprint density at radius 2 is 2.00 bits per heavy atom. The zero-order valence-corrected chi connectivity index (χ0v) is 6.13. The van der Waals surface area contributed by atoms with E-state index < -0.39 is 0 Å². The fourth-order valence-corrected chi connectivity index (χ4v) is 1.07. The first-order valence-electron chi connectivity index (χ1n) is 3.34. The normalized spacial score (nSPS) is 35.1. The van der Waals surface area contributed by atoms with Gasteiger partial charge in [0.1, 0.15) is 0 Å². The number of hydrogen-bond acceptors (Lipinski definition) is 2. The maximum absolute atomic E-state index is 5.18. The predicted molar refractivity (Wildman–Crippen MR) is 36.0 cm³/mol. The third kappa shape index (κ3) is 1.46. The molecule has 2 unspecified atom stereocenters. The summed E-state index contributed by atoms with van der Waals surface area (Å²) in [5.41, 5.74) is 0. The molecule has 1 radical (unpaired) electrons. The molecule has 3 heteroatoms. The Morgan fingerprint density at radius 1 is 1.33 bits per heavy atom. The monoisotopic (exact) mass is 127 g/mol. The maximum atomic E-state index is 5.18. The van der Waals surface area contributed by atoms with Gasteiger partial charge < -0.3 is 9.31 Å². The van der Waals surface area contributed by atoms with Crippen LogP contribution in [0.15, 0.2) is 0 Å². The molecule has 0 N–H and O–H groups in total. The molecule has 1 fully saturated rings. The van der Waals surface area contributed by atoms with Gasteiger partial charge in [0.05, 0.1) is 12.2 Å². The number of rotatable bonds is 1. The fourth-order valence-electron chi connectivity index (χ4n) is 1.07. The van der Waals surface area contributed by atoms with Crippen LogP contribution in [0.4, 0.5) is 0 Å². The van der Waals surface area contributed by atoms with E-state index in [1.165, 1.54) is 7.69 Å². The van der Waals surface area contributed by atoms with Gasteiger partial charge in [-0.05, 0) is 12.8 Å². The molecule has 0 aromatic carbocycles. The Bertz CT molecular complexity index is 95.1. The van der Waals surface area contributed by atoms with Crippen LogP contribution >= 0.6 is 0 Å². The van der Waals surface area contributed by atoms with Gasteiger partial charge in [-0.25, -0.2) is 0 Å². The van der Waals surface area contributed by atoms with Crippen molar-refractivity contribution in [3.63, 3.8) is 0 Å². The molecule has 1 aliphatic rings. The van der Waals surface area contributed by atoms with Gasteiger partial charge >= 0.3 is 7.69 Å². The summed E-state index contributed by atoms with van der Waals surface area (Å²) in [6, 6.07) is 0. The molecule has 1 rings (SSSR count). The molecule has 51 valence electrons. The Kier molecular flexibility index (Phi) is 2.14. The van der Waals surface area contributed by atoms with E-state index in [9.17, 15) is 0 Å². The summed E-state index contributed by atoms with van der Waals surface area (Å²) in [6.07, 6.45) is 0.481. The summed E-state index contributed by atoms with van der Waals surface area (Å²) in [5, 5.41) is 0. The van der Waals surface area contributed by atoms with Crippen molar-refractivity contribution in [1.29, 1.82) is 0 Å². The van der Waals surface area contributed by atoms with Crippen molar-refractivity contribution in [3.8, 4) is 0 Å². The van der Waals surface area contributed by atoms with Gasteiger partial charge in [-0.15, -0.1) is 0 Å². The van der Waals surface area contributed by atoms with Crippen molar-refractivity contribution in [2.24, 2.45) is 5.92 Å². The Morgan fingerprint density at radius 3 is 2.22 bits per heavy atom. The molecule has 0 saturated carbocycles. The fraction of sp³-hybridized carbons (Fsp3) is 1.00. The van der Waals surface area contributed by atoms with Crippen LogP contribution in [0.3, 0.4) is 0 Å². The van der Waals surface area contributed by atoms with Crippen LogP contribution < -0.4 is 0 Å². The minimum Gasteiger partial charge on any atom is -0.408 e. The summed E-state index contributed by atoms with van der Waals surface area (Å²) in [5.74, 6) is 0.541. The highest BCUT2D eigenvalue weighted by molar-refractivity contribution is 6.19. The topological polar surface area (TPSA) is 18.5 Å². The van der Waals surface area contributed by atoms with Crippen LogP contribution in [0, 0.1) is 5.92 Å². The van der Waals surface area contributed by atoms with Gasteiger partial charge in [-0.2, -0.15) is 0 Å². The highest BCUT2D eigenvalue weighted by atomic mass is 16.6. The second-order valence-corrected chi connectivity index (χ2v) is 2.78. The summed E-state index contributed by atoms with van der Waals surface area (Å²) < 4.78 is 10.3. The zero-order valence-electron chi connectivity index (χ0n) is 6.13. The van der Waals surface area contributed by atoms with Crippen molar-refractivity contribution in [2.75, 3.05) is 0 Å². The molecule has 0 amide bonds. The van der Waals surface area contributed by atoms with Crippen molar-refractivity contribution >= 4 is 7.69 Å². The lowest BCUT2D eigenvalue weighted by atomic mass is 10.0. The largest absolute Gasteiger partial charge is 0.488 e. The summed E-state index contributed by atoms with van der Waals surface area (Å²) in [6.45, 7) is 6.28.